The second-order valence-electron chi connectivity index (χ2n) is 3.79. The highest BCUT2D eigenvalue weighted by atomic mass is 16.6. The van der Waals surface area contributed by atoms with Crippen molar-refractivity contribution < 1.29 is 4.92 Å². The molecule has 0 amide bonds. The molecule has 3 nitrogen and oxygen atoms in total. The zero-order valence-electron chi connectivity index (χ0n) is 10.1. The van der Waals surface area contributed by atoms with Gasteiger partial charge in [-0.25, -0.2) is 0 Å². The van der Waals surface area contributed by atoms with E-state index < -0.39 is 6.04 Å². The molecule has 0 atom stereocenters. The minimum atomic E-state index is -0.426. The van der Waals surface area contributed by atoms with Gasteiger partial charge in [0.05, 0.1) is 0 Å². The van der Waals surface area contributed by atoms with Crippen molar-refractivity contribution in [3.8, 4) is 0 Å². The maximum atomic E-state index is 9.50. The van der Waals surface area contributed by atoms with Crippen molar-refractivity contribution in [2.24, 2.45) is 0 Å². The zero-order valence-corrected chi connectivity index (χ0v) is 10.1. The fraction of sp³-hybridized carbons (Fsp3) is 1.00. The molecule has 0 spiro atoms. The quantitative estimate of drug-likeness (QED) is 0.371. The van der Waals surface area contributed by atoms with Gasteiger partial charge in [-0.05, 0) is 0 Å². The van der Waals surface area contributed by atoms with Crippen molar-refractivity contribution in [1.29, 1.82) is 0 Å². The van der Waals surface area contributed by atoms with Gasteiger partial charge in [-0.2, -0.15) is 0 Å². The number of nitrogens with zero attached hydrogens (tertiary/aromatic N) is 1. The van der Waals surface area contributed by atoms with Crippen LogP contribution in [0.4, 0.5) is 0 Å². The Morgan fingerprint density at radius 3 is 1.43 bits per heavy atom. The van der Waals surface area contributed by atoms with E-state index in [9.17, 15) is 10.1 Å². The predicted octanol–water partition coefficient (Wildman–Crippen LogP) is 4.04. The van der Waals surface area contributed by atoms with Gasteiger partial charge in [-0.15, -0.1) is 0 Å². The zero-order chi connectivity index (χ0) is 11.4. The maximum Gasteiger partial charge on any atom is 0.207 e. The summed E-state index contributed by atoms with van der Waals surface area (Å²) in [7, 11) is 0. The van der Waals surface area contributed by atoms with E-state index in [-0.39, 0.29) is 4.92 Å². The second-order valence-corrected chi connectivity index (χ2v) is 3.79. The molecule has 0 saturated heterocycles. The highest BCUT2D eigenvalue weighted by molar-refractivity contribution is 4.39. The highest BCUT2D eigenvalue weighted by Gasteiger charge is 1.99. The van der Waals surface area contributed by atoms with Gasteiger partial charge < -0.3 is 0 Å². The summed E-state index contributed by atoms with van der Waals surface area (Å²) in [6.07, 6.45) is 8.49. The van der Waals surface area contributed by atoms with E-state index in [1.54, 1.807) is 13.8 Å². The molecule has 0 radical (unpaired) electrons. The summed E-state index contributed by atoms with van der Waals surface area (Å²) in [6.45, 7) is 7.60. The molecular formula is C11H25NO2. The maximum absolute atomic E-state index is 9.50. The third-order valence-electron chi connectivity index (χ3n) is 1.88. The van der Waals surface area contributed by atoms with Crippen molar-refractivity contribution in [2.45, 2.75) is 72.3 Å². The van der Waals surface area contributed by atoms with Gasteiger partial charge in [-0.3, -0.25) is 10.1 Å². The number of nitro groups is 1. The van der Waals surface area contributed by atoms with E-state index in [2.05, 4.69) is 13.8 Å². The molecule has 0 aromatic heterocycles. The largest absolute Gasteiger partial charge is 0.264 e. The number of hydrogen-bond donors (Lipinski definition) is 0. The Morgan fingerprint density at radius 1 is 1.00 bits per heavy atom. The standard InChI is InChI=1S/C8H18.C3H7NO2/c1-3-5-7-8-6-4-2;1-3(2)4(5)6/h3-8H2,1-2H3;3H,1-2H3. The molecular weight excluding hydrogens is 178 g/mol. The normalized spacial score (nSPS) is 9.50. The molecule has 86 valence electrons. The molecule has 14 heavy (non-hydrogen) atoms. The van der Waals surface area contributed by atoms with Gasteiger partial charge in [-0.1, -0.05) is 52.4 Å². The molecule has 0 aliphatic carbocycles. The van der Waals surface area contributed by atoms with Gasteiger partial charge in [0.25, 0.3) is 0 Å². The van der Waals surface area contributed by atoms with Crippen LogP contribution in [-0.2, 0) is 0 Å². The van der Waals surface area contributed by atoms with Crippen LogP contribution in [0.5, 0.6) is 0 Å². The summed E-state index contributed by atoms with van der Waals surface area (Å²) >= 11 is 0. The summed E-state index contributed by atoms with van der Waals surface area (Å²) in [4.78, 5) is 9.17. The van der Waals surface area contributed by atoms with Crippen molar-refractivity contribution in [1.82, 2.24) is 0 Å². The molecule has 0 aromatic rings. The van der Waals surface area contributed by atoms with Crippen LogP contribution in [0.15, 0.2) is 0 Å². The van der Waals surface area contributed by atoms with Gasteiger partial charge in [0.1, 0.15) is 0 Å². The smallest absolute Gasteiger partial charge is 0.207 e. The average molecular weight is 203 g/mol. The van der Waals surface area contributed by atoms with Gasteiger partial charge in [0.15, 0.2) is 0 Å². The number of hydrogen-bond acceptors (Lipinski definition) is 2. The lowest BCUT2D eigenvalue weighted by Gasteiger charge is -1.93. The van der Waals surface area contributed by atoms with Crippen LogP contribution in [0.1, 0.15) is 66.2 Å². The molecule has 3 heteroatoms. The first-order valence-corrected chi connectivity index (χ1v) is 5.69. The molecule has 0 rings (SSSR count). The van der Waals surface area contributed by atoms with Gasteiger partial charge in [0, 0.05) is 18.8 Å². The summed E-state index contributed by atoms with van der Waals surface area (Å²) in [5.74, 6) is 0. The molecule has 0 fully saturated rings. The van der Waals surface area contributed by atoms with Gasteiger partial charge in [0.2, 0.25) is 6.04 Å². The predicted molar refractivity (Wildman–Crippen MR) is 61.2 cm³/mol. The SMILES string of the molecule is CC(C)[N+](=O)[O-].CCCCCCCC. The van der Waals surface area contributed by atoms with Crippen LogP contribution < -0.4 is 0 Å². The average Bonchev–Trinajstić information content (AvgIpc) is 2.13. The summed E-state index contributed by atoms with van der Waals surface area (Å²) in [5.41, 5.74) is 0. The van der Waals surface area contributed by atoms with E-state index in [1.807, 2.05) is 0 Å². The van der Waals surface area contributed by atoms with E-state index >= 15 is 0 Å². The minimum Gasteiger partial charge on any atom is -0.264 e. The molecule has 0 aliphatic rings. The fourth-order valence-electron chi connectivity index (χ4n) is 0.854. The third-order valence-corrected chi connectivity index (χ3v) is 1.88. The Kier molecular flexibility index (Phi) is 14.0. The van der Waals surface area contributed by atoms with Gasteiger partial charge >= 0.3 is 0 Å². The monoisotopic (exact) mass is 203 g/mol. The van der Waals surface area contributed by atoms with E-state index in [0.717, 1.165) is 0 Å². The summed E-state index contributed by atoms with van der Waals surface area (Å²) in [5, 5.41) is 9.50. The van der Waals surface area contributed by atoms with E-state index in [4.69, 9.17) is 0 Å². The van der Waals surface area contributed by atoms with Crippen molar-refractivity contribution in [2.75, 3.05) is 0 Å². The van der Waals surface area contributed by atoms with Crippen molar-refractivity contribution in [3.05, 3.63) is 10.1 Å². The first-order chi connectivity index (χ1) is 6.56. The topological polar surface area (TPSA) is 43.1 Å². The van der Waals surface area contributed by atoms with Crippen molar-refractivity contribution in [3.63, 3.8) is 0 Å². The van der Waals surface area contributed by atoms with E-state index in [0.29, 0.717) is 0 Å². The molecule has 0 bridgehead atoms. The highest BCUT2D eigenvalue weighted by Crippen LogP contribution is 2.03. The van der Waals surface area contributed by atoms with Crippen LogP contribution >= 0.6 is 0 Å². The summed E-state index contributed by atoms with van der Waals surface area (Å²) in [6, 6.07) is -0.426. The Bertz CT molecular complexity index is 118. The minimum absolute atomic E-state index is 0.333. The number of unbranched alkanes of at least 4 members (excludes halogenated alkanes) is 5. The Balaban J connectivity index is 0. The lowest BCUT2D eigenvalue weighted by Crippen LogP contribution is -2.08. The Hall–Kier alpha value is -0.600. The van der Waals surface area contributed by atoms with Crippen LogP contribution in [0.25, 0.3) is 0 Å². The molecule has 0 heterocycles. The molecule has 0 saturated carbocycles. The van der Waals surface area contributed by atoms with Crippen LogP contribution in [0.3, 0.4) is 0 Å². The summed E-state index contributed by atoms with van der Waals surface area (Å²) < 4.78 is 0. The first kappa shape index (κ1) is 15.9. The molecule has 0 N–H and O–H groups in total. The Morgan fingerprint density at radius 2 is 1.29 bits per heavy atom. The van der Waals surface area contributed by atoms with E-state index in [1.165, 1.54) is 38.5 Å². The Labute approximate surface area is 88.0 Å². The molecule has 0 aromatic carbocycles. The van der Waals surface area contributed by atoms with Crippen LogP contribution in [0.2, 0.25) is 0 Å². The molecule has 0 unspecified atom stereocenters. The number of rotatable bonds is 6. The first-order valence-electron chi connectivity index (χ1n) is 5.69. The fourth-order valence-corrected chi connectivity index (χ4v) is 0.854. The molecule has 0 aliphatic heterocycles. The second kappa shape index (κ2) is 12.4. The van der Waals surface area contributed by atoms with Crippen LogP contribution in [-0.4, -0.2) is 11.0 Å². The van der Waals surface area contributed by atoms with Crippen LogP contribution in [0, 0.1) is 10.1 Å². The third kappa shape index (κ3) is 17.5. The lowest BCUT2D eigenvalue weighted by atomic mass is 10.1. The van der Waals surface area contributed by atoms with Crippen molar-refractivity contribution >= 4 is 0 Å². The lowest BCUT2D eigenvalue weighted by molar-refractivity contribution is -0.513.